The van der Waals surface area contributed by atoms with Crippen LogP contribution in [0.25, 0.3) is 0 Å². The molecule has 1 saturated heterocycles. The molecule has 2 N–H and O–H groups in total. The van der Waals surface area contributed by atoms with Gasteiger partial charge in [-0.1, -0.05) is 13.8 Å². The highest BCUT2D eigenvalue weighted by atomic mass is 16.5. The molecule has 0 amide bonds. The molecule has 1 unspecified atom stereocenters. The van der Waals surface area contributed by atoms with Crippen molar-refractivity contribution in [2.24, 2.45) is 5.73 Å². The summed E-state index contributed by atoms with van der Waals surface area (Å²) >= 11 is 0. The minimum absolute atomic E-state index is 0.217. The molecular formula is C14H25N3O. The number of nitrogens with zero attached hydrogens (tertiary/aromatic N) is 2. The molecule has 2 rings (SSSR count). The van der Waals surface area contributed by atoms with Crippen LogP contribution in [-0.4, -0.2) is 28.5 Å². The molecule has 0 spiro atoms. The van der Waals surface area contributed by atoms with Crippen molar-refractivity contribution in [1.82, 2.24) is 9.78 Å². The first-order chi connectivity index (χ1) is 8.67. The molecule has 0 aliphatic carbocycles. The van der Waals surface area contributed by atoms with E-state index < -0.39 is 0 Å². The number of nitrogens with two attached hydrogens (primary N) is 1. The molecular weight excluding hydrogens is 226 g/mol. The highest BCUT2D eigenvalue weighted by Crippen LogP contribution is 2.22. The minimum Gasteiger partial charge on any atom is -0.380 e. The van der Waals surface area contributed by atoms with E-state index in [-0.39, 0.29) is 5.54 Å². The van der Waals surface area contributed by atoms with Crippen LogP contribution < -0.4 is 5.73 Å². The maximum atomic E-state index is 6.37. The second-order valence-corrected chi connectivity index (χ2v) is 5.45. The summed E-state index contributed by atoms with van der Waals surface area (Å²) < 4.78 is 7.58. The van der Waals surface area contributed by atoms with Crippen LogP contribution in [0.2, 0.25) is 0 Å². The Morgan fingerprint density at radius 1 is 1.50 bits per heavy atom. The van der Waals surface area contributed by atoms with Gasteiger partial charge in [-0.25, -0.2) is 0 Å². The summed E-state index contributed by atoms with van der Waals surface area (Å²) in [4.78, 5) is 0. The minimum atomic E-state index is -0.217. The Morgan fingerprint density at radius 3 is 2.89 bits per heavy atom. The molecule has 0 radical (unpaired) electrons. The first-order valence-corrected chi connectivity index (χ1v) is 7.07. The monoisotopic (exact) mass is 251 g/mol. The van der Waals surface area contributed by atoms with Crippen molar-refractivity contribution in [3.05, 3.63) is 18.0 Å². The average Bonchev–Trinajstić information content (AvgIpc) is 2.79. The van der Waals surface area contributed by atoms with Crippen molar-refractivity contribution in [3.8, 4) is 0 Å². The van der Waals surface area contributed by atoms with Crippen LogP contribution >= 0.6 is 0 Å². The zero-order valence-corrected chi connectivity index (χ0v) is 11.6. The van der Waals surface area contributed by atoms with Gasteiger partial charge in [-0.05, 0) is 31.7 Å². The Bertz CT molecular complexity index is 365. The molecule has 18 heavy (non-hydrogen) atoms. The Kier molecular flexibility index (Phi) is 4.40. The fourth-order valence-electron chi connectivity index (χ4n) is 2.71. The topological polar surface area (TPSA) is 53.1 Å². The van der Waals surface area contributed by atoms with Gasteiger partial charge in [-0.2, -0.15) is 5.10 Å². The SMILES string of the molecule is CCC(CC)n1ccc(CC2(N)CCCOC2)n1. The van der Waals surface area contributed by atoms with Crippen LogP contribution in [0, 0.1) is 0 Å². The van der Waals surface area contributed by atoms with Crippen molar-refractivity contribution in [3.63, 3.8) is 0 Å². The lowest BCUT2D eigenvalue weighted by Crippen LogP contribution is -2.49. The van der Waals surface area contributed by atoms with E-state index in [0.29, 0.717) is 12.6 Å². The Morgan fingerprint density at radius 2 is 2.28 bits per heavy atom. The smallest absolute Gasteiger partial charge is 0.0650 e. The van der Waals surface area contributed by atoms with Gasteiger partial charge in [-0.15, -0.1) is 0 Å². The van der Waals surface area contributed by atoms with Crippen LogP contribution in [-0.2, 0) is 11.2 Å². The molecule has 4 nitrogen and oxygen atoms in total. The Labute approximate surface area is 110 Å². The van der Waals surface area contributed by atoms with Crippen LogP contribution in [0.1, 0.15) is 51.3 Å². The van der Waals surface area contributed by atoms with Crippen molar-refractivity contribution in [1.29, 1.82) is 0 Å². The van der Waals surface area contributed by atoms with E-state index in [0.717, 1.165) is 44.4 Å². The number of aromatic nitrogens is 2. The van der Waals surface area contributed by atoms with Gasteiger partial charge in [0.25, 0.3) is 0 Å². The molecule has 1 aromatic rings. The van der Waals surface area contributed by atoms with E-state index in [1.807, 2.05) is 0 Å². The fraction of sp³-hybridized carbons (Fsp3) is 0.786. The molecule has 1 atom stereocenters. The first-order valence-electron chi connectivity index (χ1n) is 7.07. The molecule has 102 valence electrons. The predicted molar refractivity (Wildman–Crippen MR) is 72.5 cm³/mol. The number of ether oxygens (including phenoxy) is 1. The van der Waals surface area contributed by atoms with Gasteiger partial charge < -0.3 is 10.5 Å². The molecule has 0 aromatic carbocycles. The first kappa shape index (κ1) is 13.6. The third kappa shape index (κ3) is 3.12. The molecule has 1 aliphatic rings. The summed E-state index contributed by atoms with van der Waals surface area (Å²) in [6.07, 6.45) is 7.23. The van der Waals surface area contributed by atoms with E-state index in [2.05, 4.69) is 35.9 Å². The lowest BCUT2D eigenvalue weighted by molar-refractivity contribution is 0.0377. The number of hydrogen-bond donors (Lipinski definition) is 1. The van der Waals surface area contributed by atoms with Gasteiger partial charge in [-0.3, -0.25) is 4.68 Å². The normalized spacial score (nSPS) is 24.7. The zero-order chi connectivity index (χ0) is 13.0. The zero-order valence-electron chi connectivity index (χ0n) is 11.6. The van der Waals surface area contributed by atoms with Gasteiger partial charge in [0.15, 0.2) is 0 Å². The van der Waals surface area contributed by atoms with Crippen molar-refractivity contribution in [2.45, 2.75) is 57.5 Å². The Hall–Kier alpha value is -0.870. The molecule has 0 saturated carbocycles. The standard InChI is InChI=1S/C14H25N3O/c1-3-13(4-2)17-8-6-12(16-17)10-14(15)7-5-9-18-11-14/h6,8,13H,3-5,7,9-11,15H2,1-2H3. The van der Waals surface area contributed by atoms with Gasteiger partial charge >= 0.3 is 0 Å². The van der Waals surface area contributed by atoms with Crippen molar-refractivity contribution < 1.29 is 4.74 Å². The Balaban J connectivity index is 2.01. The summed E-state index contributed by atoms with van der Waals surface area (Å²) in [5, 5.41) is 4.67. The quantitative estimate of drug-likeness (QED) is 0.873. The van der Waals surface area contributed by atoms with Crippen molar-refractivity contribution in [2.75, 3.05) is 13.2 Å². The van der Waals surface area contributed by atoms with Crippen LogP contribution in [0.15, 0.2) is 12.3 Å². The maximum Gasteiger partial charge on any atom is 0.0650 e. The van der Waals surface area contributed by atoms with E-state index in [1.165, 1.54) is 0 Å². The summed E-state index contributed by atoms with van der Waals surface area (Å²) in [7, 11) is 0. The molecule has 1 aliphatic heterocycles. The van der Waals surface area contributed by atoms with E-state index in [4.69, 9.17) is 10.5 Å². The van der Waals surface area contributed by atoms with E-state index in [9.17, 15) is 0 Å². The molecule has 0 bridgehead atoms. The predicted octanol–water partition coefficient (Wildman–Crippen LogP) is 2.29. The fourth-order valence-corrected chi connectivity index (χ4v) is 2.71. The van der Waals surface area contributed by atoms with Gasteiger partial charge in [0.1, 0.15) is 0 Å². The molecule has 4 heteroatoms. The third-order valence-corrected chi connectivity index (χ3v) is 3.87. The maximum absolute atomic E-state index is 6.37. The summed E-state index contributed by atoms with van der Waals surface area (Å²) in [6.45, 7) is 5.91. The van der Waals surface area contributed by atoms with E-state index >= 15 is 0 Å². The van der Waals surface area contributed by atoms with Gasteiger partial charge in [0.05, 0.1) is 18.3 Å². The van der Waals surface area contributed by atoms with Gasteiger partial charge in [0, 0.05) is 24.8 Å². The summed E-state index contributed by atoms with van der Waals surface area (Å²) in [5.41, 5.74) is 7.24. The third-order valence-electron chi connectivity index (χ3n) is 3.87. The molecule has 1 fully saturated rings. The lowest BCUT2D eigenvalue weighted by atomic mass is 9.89. The van der Waals surface area contributed by atoms with Crippen LogP contribution in [0.4, 0.5) is 0 Å². The van der Waals surface area contributed by atoms with E-state index in [1.54, 1.807) is 0 Å². The number of hydrogen-bond acceptors (Lipinski definition) is 3. The second-order valence-electron chi connectivity index (χ2n) is 5.45. The largest absolute Gasteiger partial charge is 0.380 e. The lowest BCUT2D eigenvalue weighted by Gasteiger charge is -2.32. The summed E-state index contributed by atoms with van der Waals surface area (Å²) in [6, 6.07) is 2.61. The highest BCUT2D eigenvalue weighted by molar-refractivity contribution is 5.07. The molecule has 2 heterocycles. The average molecular weight is 251 g/mol. The van der Waals surface area contributed by atoms with Crippen molar-refractivity contribution >= 4 is 0 Å². The summed E-state index contributed by atoms with van der Waals surface area (Å²) in [5.74, 6) is 0. The van der Waals surface area contributed by atoms with Crippen LogP contribution in [0.3, 0.4) is 0 Å². The second kappa shape index (κ2) is 5.85. The molecule has 1 aromatic heterocycles. The number of rotatable bonds is 5. The van der Waals surface area contributed by atoms with Gasteiger partial charge in [0.2, 0.25) is 0 Å². The van der Waals surface area contributed by atoms with Crippen LogP contribution in [0.5, 0.6) is 0 Å². The highest BCUT2D eigenvalue weighted by Gasteiger charge is 2.29.